The first-order chi connectivity index (χ1) is 9.10. The maximum atomic E-state index is 12.4. The zero-order valence-electron chi connectivity index (χ0n) is 10.6. The Morgan fingerprint density at radius 1 is 1.53 bits per heavy atom. The van der Waals surface area contributed by atoms with Crippen LogP contribution in [0.2, 0.25) is 0 Å². The third-order valence-electron chi connectivity index (χ3n) is 3.44. The molecule has 1 aliphatic rings. The summed E-state index contributed by atoms with van der Waals surface area (Å²) >= 11 is 3.31. The molecule has 0 saturated carbocycles. The van der Waals surface area contributed by atoms with E-state index in [0.29, 0.717) is 17.3 Å². The van der Waals surface area contributed by atoms with Crippen molar-refractivity contribution in [1.29, 1.82) is 0 Å². The van der Waals surface area contributed by atoms with Gasteiger partial charge in [0.1, 0.15) is 11.5 Å². The van der Waals surface area contributed by atoms with Gasteiger partial charge in [0.25, 0.3) is 0 Å². The molecule has 1 aliphatic heterocycles. The summed E-state index contributed by atoms with van der Waals surface area (Å²) in [7, 11) is 0. The van der Waals surface area contributed by atoms with Gasteiger partial charge in [0.2, 0.25) is 0 Å². The van der Waals surface area contributed by atoms with Gasteiger partial charge >= 0.3 is 5.97 Å². The molecular formula is C16H15BrO2. The predicted octanol–water partition coefficient (Wildman–Crippen LogP) is 3.88. The van der Waals surface area contributed by atoms with E-state index in [4.69, 9.17) is 4.74 Å². The fourth-order valence-corrected chi connectivity index (χ4v) is 2.64. The minimum Gasteiger partial charge on any atom is -0.456 e. The van der Waals surface area contributed by atoms with E-state index < -0.39 is 5.41 Å². The van der Waals surface area contributed by atoms with Gasteiger partial charge in [-0.3, -0.25) is 4.79 Å². The van der Waals surface area contributed by atoms with Gasteiger partial charge in [-0.25, -0.2) is 0 Å². The van der Waals surface area contributed by atoms with Crippen LogP contribution in [0, 0.1) is 0 Å². The van der Waals surface area contributed by atoms with Crippen LogP contribution in [-0.4, -0.2) is 12.1 Å². The van der Waals surface area contributed by atoms with Crippen LogP contribution in [-0.2, 0) is 14.9 Å². The van der Waals surface area contributed by atoms with Crippen molar-refractivity contribution < 1.29 is 9.53 Å². The monoisotopic (exact) mass is 318 g/mol. The number of cyclic esters (lactones) is 1. The van der Waals surface area contributed by atoms with E-state index in [1.807, 2.05) is 30.3 Å². The molecule has 1 fully saturated rings. The Hall–Kier alpha value is -1.57. The number of benzene rings is 1. The topological polar surface area (TPSA) is 26.3 Å². The van der Waals surface area contributed by atoms with Crippen molar-refractivity contribution in [2.24, 2.45) is 0 Å². The summed E-state index contributed by atoms with van der Waals surface area (Å²) in [4.78, 5) is 12.4. The molecule has 98 valence electrons. The zero-order valence-corrected chi connectivity index (χ0v) is 12.2. The van der Waals surface area contributed by atoms with Crippen molar-refractivity contribution in [2.45, 2.75) is 24.4 Å². The number of carbonyl (C=O) groups is 1. The summed E-state index contributed by atoms with van der Waals surface area (Å²) in [6, 6.07) is 9.70. The molecule has 0 spiro atoms. The molecule has 2 atom stereocenters. The van der Waals surface area contributed by atoms with Crippen LogP contribution in [0.25, 0.3) is 0 Å². The lowest BCUT2D eigenvalue weighted by atomic mass is 9.75. The van der Waals surface area contributed by atoms with E-state index >= 15 is 0 Å². The SMILES string of the molecule is C=C=CCC1(c2ccccc2)CC(C(=C)Br)OC1=O. The Morgan fingerprint density at radius 3 is 2.74 bits per heavy atom. The highest BCUT2D eigenvalue weighted by Gasteiger charge is 2.49. The summed E-state index contributed by atoms with van der Waals surface area (Å²) in [6.07, 6.45) is 2.62. The van der Waals surface area contributed by atoms with E-state index in [1.54, 1.807) is 6.08 Å². The summed E-state index contributed by atoms with van der Waals surface area (Å²) < 4.78 is 6.13. The average molecular weight is 319 g/mol. The molecule has 3 heteroatoms. The highest BCUT2D eigenvalue weighted by molar-refractivity contribution is 9.11. The van der Waals surface area contributed by atoms with Crippen LogP contribution in [0.1, 0.15) is 18.4 Å². The smallest absolute Gasteiger partial charge is 0.317 e. The number of halogens is 1. The fraction of sp³-hybridized carbons (Fsp3) is 0.250. The molecule has 2 unspecified atom stereocenters. The Bertz CT molecular complexity index is 543. The van der Waals surface area contributed by atoms with Crippen LogP contribution >= 0.6 is 15.9 Å². The minimum absolute atomic E-state index is 0.212. The summed E-state index contributed by atoms with van der Waals surface area (Å²) in [6.45, 7) is 7.38. The molecule has 0 N–H and O–H groups in total. The highest BCUT2D eigenvalue weighted by atomic mass is 79.9. The molecule has 1 aromatic rings. The molecular weight excluding hydrogens is 304 g/mol. The van der Waals surface area contributed by atoms with Crippen molar-refractivity contribution in [1.82, 2.24) is 0 Å². The van der Waals surface area contributed by atoms with Crippen molar-refractivity contribution in [2.75, 3.05) is 0 Å². The van der Waals surface area contributed by atoms with Crippen molar-refractivity contribution in [3.05, 3.63) is 65.3 Å². The van der Waals surface area contributed by atoms with E-state index in [1.165, 1.54) is 0 Å². The number of rotatable bonds is 4. The minimum atomic E-state index is -0.659. The molecule has 0 radical (unpaired) electrons. The number of hydrogen-bond donors (Lipinski definition) is 0. The molecule has 0 aromatic heterocycles. The second-order valence-corrected chi connectivity index (χ2v) is 5.62. The van der Waals surface area contributed by atoms with Crippen molar-refractivity contribution in [3.63, 3.8) is 0 Å². The molecule has 0 amide bonds. The second kappa shape index (κ2) is 5.60. The van der Waals surface area contributed by atoms with E-state index in [0.717, 1.165) is 5.56 Å². The molecule has 1 aromatic carbocycles. The molecule has 2 nitrogen and oxygen atoms in total. The fourth-order valence-electron chi connectivity index (χ4n) is 2.38. The van der Waals surface area contributed by atoms with Crippen LogP contribution in [0.15, 0.2) is 59.8 Å². The maximum absolute atomic E-state index is 12.4. The van der Waals surface area contributed by atoms with Crippen LogP contribution in [0.5, 0.6) is 0 Å². The normalized spacial score (nSPS) is 25.5. The van der Waals surface area contributed by atoms with Gasteiger partial charge in [0.05, 0.1) is 0 Å². The van der Waals surface area contributed by atoms with Crippen LogP contribution in [0.4, 0.5) is 0 Å². The number of ether oxygens (including phenoxy) is 1. The van der Waals surface area contributed by atoms with E-state index in [2.05, 4.69) is 34.8 Å². The Balaban J connectivity index is 2.44. The molecule has 0 aliphatic carbocycles. The lowest BCUT2D eigenvalue weighted by molar-refractivity contribution is -0.144. The van der Waals surface area contributed by atoms with Gasteiger partial charge in [0.15, 0.2) is 0 Å². The number of allylic oxidation sites excluding steroid dienone is 1. The zero-order chi connectivity index (χ0) is 13.9. The van der Waals surface area contributed by atoms with Crippen LogP contribution in [0.3, 0.4) is 0 Å². The Morgan fingerprint density at radius 2 is 2.21 bits per heavy atom. The summed E-state index contributed by atoms with van der Waals surface area (Å²) in [5.41, 5.74) is 3.04. The van der Waals surface area contributed by atoms with Gasteiger partial charge in [-0.1, -0.05) is 59.4 Å². The summed E-state index contributed by atoms with van der Waals surface area (Å²) in [5, 5.41) is 0. The lowest BCUT2D eigenvalue weighted by Gasteiger charge is -2.23. The number of esters is 1. The third kappa shape index (κ3) is 2.58. The maximum Gasteiger partial charge on any atom is 0.317 e. The van der Waals surface area contributed by atoms with E-state index in [-0.39, 0.29) is 12.1 Å². The Labute approximate surface area is 121 Å². The first-order valence-corrected chi connectivity index (χ1v) is 6.84. The largest absolute Gasteiger partial charge is 0.456 e. The predicted molar refractivity (Wildman–Crippen MR) is 79.0 cm³/mol. The van der Waals surface area contributed by atoms with E-state index in [9.17, 15) is 4.79 Å². The van der Waals surface area contributed by atoms with Crippen LogP contribution < -0.4 is 0 Å². The Kier molecular flexibility index (Phi) is 4.08. The third-order valence-corrected chi connectivity index (χ3v) is 3.96. The first-order valence-electron chi connectivity index (χ1n) is 6.05. The number of hydrogen-bond acceptors (Lipinski definition) is 2. The standard InChI is InChI=1S/C16H15BrO2/c1-3-4-10-16(13-8-6-5-7-9-13)11-14(12(2)17)19-15(16)18/h4-9,14H,1-2,10-11H2. The van der Waals surface area contributed by atoms with Gasteiger partial charge in [-0.2, -0.15) is 0 Å². The van der Waals surface area contributed by atoms with Crippen molar-refractivity contribution in [3.8, 4) is 0 Å². The highest BCUT2D eigenvalue weighted by Crippen LogP contribution is 2.43. The summed E-state index contributed by atoms with van der Waals surface area (Å²) in [5.74, 6) is -0.212. The average Bonchev–Trinajstić information content (AvgIpc) is 2.76. The number of carbonyl (C=O) groups excluding carboxylic acids is 1. The molecule has 1 heterocycles. The van der Waals surface area contributed by atoms with Gasteiger partial charge < -0.3 is 4.74 Å². The quantitative estimate of drug-likeness (QED) is 0.622. The van der Waals surface area contributed by atoms with Gasteiger partial charge in [0, 0.05) is 10.9 Å². The van der Waals surface area contributed by atoms with Gasteiger partial charge in [-0.15, -0.1) is 5.73 Å². The molecule has 2 rings (SSSR count). The lowest BCUT2D eigenvalue weighted by Crippen LogP contribution is -2.31. The molecule has 19 heavy (non-hydrogen) atoms. The van der Waals surface area contributed by atoms with Gasteiger partial charge in [-0.05, 0) is 18.1 Å². The molecule has 0 bridgehead atoms. The van der Waals surface area contributed by atoms with Crippen molar-refractivity contribution >= 4 is 21.9 Å². The second-order valence-electron chi connectivity index (χ2n) is 4.61. The molecule has 1 saturated heterocycles. The first kappa shape index (κ1) is 13.9.